The van der Waals surface area contributed by atoms with Crippen molar-refractivity contribution in [1.29, 1.82) is 0 Å². The van der Waals surface area contributed by atoms with E-state index in [0.717, 1.165) is 6.54 Å². The predicted octanol–water partition coefficient (Wildman–Crippen LogP) is 2.46. The van der Waals surface area contributed by atoms with Crippen LogP contribution in [0.3, 0.4) is 0 Å². The van der Waals surface area contributed by atoms with Crippen LogP contribution in [0.1, 0.15) is 36.1 Å². The standard InChI is InChI=1S/C13H22N2S/c1-10-7-9-16-13(10)6-8-15-12-4-2-11(14)3-5-12/h7,9,11-12,15H,2-6,8,14H2,1H3. The number of nitrogens with one attached hydrogen (secondary N) is 1. The minimum absolute atomic E-state index is 0.456. The largest absolute Gasteiger partial charge is 0.328 e. The molecule has 0 radical (unpaired) electrons. The minimum atomic E-state index is 0.456. The van der Waals surface area contributed by atoms with Crippen molar-refractivity contribution in [3.05, 3.63) is 21.9 Å². The van der Waals surface area contributed by atoms with Gasteiger partial charge in [-0.05, 0) is 56.0 Å². The lowest BCUT2D eigenvalue weighted by Crippen LogP contribution is -2.38. The van der Waals surface area contributed by atoms with Crippen LogP contribution in [0.15, 0.2) is 11.4 Å². The van der Waals surface area contributed by atoms with Gasteiger partial charge in [0.1, 0.15) is 0 Å². The summed E-state index contributed by atoms with van der Waals surface area (Å²) in [6.45, 7) is 3.31. The van der Waals surface area contributed by atoms with Gasteiger partial charge in [0.25, 0.3) is 0 Å². The van der Waals surface area contributed by atoms with Crippen LogP contribution in [-0.4, -0.2) is 18.6 Å². The molecule has 90 valence electrons. The summed E-state index contributed by atoms with van der Waals surface area (Å²) < 4.78 is 0. The molecular weight excluding hydrogens is 216 g/mol. The summed E-state index contributed by atoms with van der Waals surface area (Å²) in [5, 5.41) is 5.84. The van der Waals surface area contributed by atoms with Crippen molar-refractivity contribution in [2.75, 3.05) is 6.54 Å². The van der Waals surface area contributed by atoms with Crippen LogP contribution in [0.4, 0.5) is 0 Å². The summed E-state index contributed by atoms with van der Waals surface area (Å²) in [7, 11) is 0. The molecule has 0 saturated heterocycles. The molecule has 1 aromatic heterocycles. The van der Waals surface area contributed by atoms with E-state index in [9.17, 15) is 0 Å². The van der Waals surface area contributed by atoms with Crippen molar-refractivity contribution in [3.8, 4) is 0 Å². The van der Waals surface area contributed by atoms with Crippen LogP contribution in [0.5, 0.6) is 0 Å². The summed E-state index contributed by atoms with van der Waals surface area (Å²) in [6.07, 6.45) is 6.06. The monoisotopic (exact) mass is 238 g/mol. The highest BCUT2D eigenvalue weighted by atomic mass is 32.1. The molecule has 3 heteroatoms. The van der Waals surface area contributed by atoms with E-state index in [1.54, 1.807) is 0 Å². The molecule has 0 atom stereocenters. The lowest BCUT2D eigenvalue weighted by atomic mass is 9.92. The van der Waals surface area contributed by atoms with Crippen molar-refractivity contribution < 1.29 is 0 Å². The number of hydrogen-bond acceptors (Lipinski definition) is 3. The molecule has 1 aliphatic carbocycles. The molecule has 1 aliphatic rings. The first-order valence-corrected chi connectivity index (χ1v) is 7.15. The van der Waals surface area contributed by atoms with E-state index < -0.39 is 0 Å². The van der Waals surface area contributed by atoms with Crippen LogP contribution < -0.4 is 11.1 Å². The molecule has 0 aromatic carbocycles. The van der Waals surface area contributed by atoms with E-state index in [0.29, 0.717) is 12.1 Å². The van der Waals surface area contributed by atoms with Crippen molar-refractivity contribution in [3.63, 3.8) is 0 Å². The van der Waals surface area contributed by atoms with Crippen LogP contribution in [0.2, 0.25) is 0 Å². The summed E-state index contributed by atoms with van der Waals surface area (Å²) >= 11 is 1.88. The first-order valence-electron chi connectivity index (χ1n) is 6.27. The third-order valence-corrected chi connectivity index (χ3v) is 4.61. The topological polar surface area (TPSA) is 38.0 Å². The molecule has 1 heterocycles. The van der Waals surface area contributed by atoms with Crippen LogP contribution in [0, 0.1) is 6.92 Å². The number of hydrogen-bond donors (Lipinski definition) is 2. The highest BCUT2D eigenvalue weighted by molar-refractivity contribution is 7.10. The molecule has 16 heavy (non-hydrogen) atoms. The highest BCUT2D eigenvalue weighted by Crippen LogP contribution is 2.18. The van der Waals surface area contributed by atoms with Gasteiger partial charge in [-0.2, -0.15) is 0 Å². The summed E-state index contributed by atoms with van der Waals surface area (Å²) in [6, 6.07) is 3.37. The second-order valence-corrected chi connectivity index (χ2v) is 5.84. The Morgan fingerprint density at radius 3 is 2.75 bits per heavy atom. The number of thiophene rings is 1. The van der Waals surface area contributed by atoms with Crippen molar-refractivity contribution in [2.45, 2.75) is 51.1 Å². The number of rotatable bonds is 4. The average Bonchev–Trinajstić information content (AvgIpc) is 2.68. The van der Waals surface area contributed by atoms with Gasteiger partial charge in [0.2, 0.25) is 0 Å². The molecule has 0 bridgehead atoms. The molecule has 0 unspecified atom stereocenters. The highest BCUT2D eigenvalue weighted by Gasteiger charge is 2.17. The predicted molar refractivity (Wildman–Crippen MR) is 71.0 cm³/mol. The first-order chi connectivity index (χ1) is 7.75. The Balaban J connectivity index is 1.67. The van der Waals surface area contributed by atoms with Gasteiger partial charge in [-0.25, -0.2) is 0 Å². The van der Waals surface area contributed by atoms with E-state index in [2.05, 4.69) is 23.7 Å². The van der Waals surface area contributed by atoms with Gasteiger partial charge < -0.3 is 11.1 Å². The Bertz CT molecular complexity index is 313. The zero-order valence-corrected chi connectivity index (χ0v) is 10.9. The lowest BCUT2D eigenvalue weighted by molar-refractivity contribution is 0.345. The zero-order chi connectivity index (χ0) is 11.4. The van der Waals surface area contributed by atoms with Crippen LogP contribution >= 0.6 is 11.3 Å². The third-order valence-electron chi connectivity index (χ3n) is 3.53. The number of aryl methyl sites for hydroxylation is 1. The summed E-state index contributed by atoms with van der Waals surface area (Å²) in [5.41, 5.74) is 7.34. The third kappa shape index (κ3) is 3.30. The van der Waals surface area contributed by atoms with E-state index in [1.807, 2.05) is 11.3 Å². The molecule has 0 spiro atoms. The van der Waals surface area contributed by atoms with E-state index in [1.165, 1.54) is 42.5 Å². The molecule has 2 rings (SSSR count). The Morgan fingerprint density at radius 1 is 1.38 bits per heavy atom. The van der Waals surface area contributed by atoms with E-state index >= 15 is 0 Å². The van der Waals surface area contributed by atoms with Gasteiger partial charge in [0.15, 0.2) is 0 Å². The second kappa shape index (κ2) is 5.80. The van der Waals surface area contributed by atoms with Gasteiger partial charge in [-0.15, -0.1) is 11.3 Å². The normalized spacial score (nSPS) is 25.9. The first kappa shape index (κ1) is 12.1. The smallest absolute Gasteiger partial charge is 0.00870 e. The maximum Gasteiger partial charge on any atom is 0.00870 e. The van der Waals surface area contributed by atoms with Crippen LogP contribution in [0.25, 0.3) is 0 Å². The van der Waals surface area contributed by atoms with Crippen molar-refractivity contribution >= 4 is 11.3 Å². The Labute approximate surface area is 102 Å². The van der Waals surface area contributed by atoms with Crippen molar-refractivity contribution in [2.24, 2.45) is 5.73 Å². The molecule has 0 aliphatic heterocycles. The van der Waals surface area contributed by atoms with Gasteiger partial charge in [-0.1, -0.05) is 0 Å². The maximum atomic E-state index is 5.90. The van der Waals surface area contributed by atoms with E-state index in [4.69, 9.17) is 5.73 Å². The quantitative estimate of drug-likeness (QED) is 0.845. The molecular formula is C13H22N2S. The van der Waals surface area contributed by atoms with E-state index in [-0.39, 0.29) is 0 Å². The van der Waals surface area contributed by atoms with Crippen LogP contribution in [-0.2, 0) is 6.42 Å². The molecule has 1 aromatic rings. The van der Waals surface area contributed by atoms with Crippen molar-refractivity contribution in [1.82, 2.24) is 5.32 Å². The SMILES string of the molecule is Cc1ccsc1CCNC1CCC(N)CC1. The van der Waals surface area contributed by atoms with Gasteiger partial charge in [0, 0.05) is 23.5 Å². The molecule has 0 amide bonds. The summed E-state index contributed by atoms with van der Waals surface area (Å²) in [4.78, 5) is 1.53. The Kier molecular flexibility index (Phi) is 4.38. The molecule has 3 N–H and O–H groups in total. The lowest BCUT2D eigenvalue weighted by Gasteiger charge is -2.26. The fourth-order valence-electron chi connectivity index (χ4n) is 2.37. The Hall–Kier alpha value is -0.380. The molecule has 1 fully saturated rings. The van der Waals surface area contributed by atoms with Gasteiger partial charge >= 0.3 is 0 Å². The fourth-order valence-corrected chi connectivity index (χ4v) is 3.28. The van der Waals surface area contributed by atoms with Gasteiger partial charge in [0.05, 0.1) is 0 Å². The number of nitrogens with two attached hydrogens (primary N) is 1. The zero-order valence-electron chi connectivity index (χ0n) is 10.0. The minimum Gasteiger partial charge on any atom is -0.328 e. The Morgan fingerprint density at radius 2 is 2.12 bits per heavy atom. The fraction of sp³-hybridized carbons (Fsp3) is 0.692. The summed E-state index contributed by atoms with van der Waals surface area (Å²) in [5.74, 6) is 0. The molecule has 1 saturated carbocycles. The average molecular weight is 238 g/mol. The van der Waals surface area contributed by atoms with Gasteiger partial charge in [-0.3, -0.25) is 0 Å². The second-order valence-electron chi connectivity index (χ2n) is 4.84. The molecule has 2 nitrogen and oxygen atoms in total. The maximum absolute atomic E-state index is 5.90.